The lowest BCUT2D eigenvalue weighted by molar-refractivity contribution is 0.417. The largest absolute Gasteiger partial charge is 0.495 e. The molecule has 1 aliphatic rings. The van der Waals surface area contributed by atoms with Gasteiger partial charge >= 0.3 is 0 Å². The van der Waals surface area contributed by atoms with E-state index < -0.39 is 0 Å². The second kappa shape index (κ2) is 5.34. The van der Waals surface area contributed by atoms with Gasteiger partial charge in [-0.3, -0.25) is 0 Å². The van der Waals surface area contributed by atoms with E-state index in [1.165, 1.54) is 24.3 Å². The molecule has 0 atom stereocenters. The van der Waals surface area contributed by atoms with Crippen LogP contribution in [0.4, 0.5) is 11.4 Å². The number of nitrogens with two attached hydrogens (primary N) is 1. The van der Waals surface area contributed by atoms with Gasteiger partial charge in [-0.15, -0.1) is 0 Å². The van der Waals surface area contributed by atoms with Crippen molar-refractivity contribution >= 4 is 23.1 Å². The minimum Gasteiger partial charge on any atom is -0.495 e. The SMILES string of the molecule is COc1cc(NC2CCSCC2)ccc1N. The number of hydrogen-bond donors (Lipinski definition) is 2. The summed E-state index contributed by atoms with van der Waals surface area (Å²) in [6, 6.07) is 6.46. The third-order valence-corrected chi connectivity index (χ3v) is 3.87. The topological polar surface area (TPSA) is 47.3 Å². The van der Waals surface area contributed by atoms with Gasteiger partial charge in [0.25, 0.3) is 0 Å². The number of anilines is 2. The predicted molar refractivity (Wildman–Crippen MR) is 71.4 cm³/mol. The van der Waals surface area contributed by atoms with Crippen LogP contribution in [0.2, 0.25) is 0 Å². The number of thioether (sulfide) groups is 1. The summed E-state index contributed by atoms with van der Waals surface area (Å²) in [5.74, 6) is 3.25. The zero-order valence-electron chi connectivity index (χ0n) is 9.53. The van der Waals surface area contributed by atoms with Crippen molar-refractivity contribution in [1.82, 2.24) is 0 Å². The molecule has 0 spiro atoms. The fraction of sp³-hybridized carbons (Fsp3) is 0.500. The highest BCUT2D eigenvalue weighted by atomic mass is 32.2. The molecule has 1 aliphatic heterocycles. The first-order valence-electron chi connectivity index (χ1n) is 5.57. The first kappa shape index (κ1) is 11.5. The van der Waals surface area contributed by atoms with Gasteiger partial charge in [0.2, 0.25) is 0 Å². The summed E-state index contributed by atoms with van der Waals surface area (Å²) in [5.41, 5.74) is 7.56. The highest BCUT2D eigenvalue weighted by Gasteiger charge is 2.13. The van der Waals surface area contributed by atoms with Crippen molar-refractivity contribution in [3.8, 4) is 5.75 Å². The molecule has 0 saturated carbocycles. The molecule has 1 heterocycles. The van der Waals surface area contributed by atoms with E-state index in [1.54, 1.807) is 7.11 Å². The molecule has 2 rings (SSSR count). The summed E-state index contributed by atoms with van der Waals surface area (Å²) in [7, 11) is 1.65. The second-order valence-corrected chi connectivity index (χ2v) is 5.21. The van der Waals surface area contributed by atoms with Crippen LogP contribution in [-0.2, 0) is 0 Å². The zero-order valence-corrected chi connectivity index (χ0v) is 10.3. The maximum atomic E-state index is 5.78. The van der Waals surface area contributed by atoms with Crippen LogP contribution in [0.5, 0.6) is 5.75 Å². The number of methoxy groups -OCH3 is 1. The molecule has 1 saturated heterocycles. The lowest BCUT2D eigenvalue weighted by Gasteiger charge is -2.23. The number of benzene rings is 1. The van der Waals surface area contributed by atoms with Crippen molar-refractivity contribution in [3.05, 3.63) is 18.2 Å². The van der Waals surface area contributed by atoms with E-state index in [9.17, 15) is 0 Å². The Kier molecular flexibility index (Phi) is 3.83. The first-order chi connectivity index (χ1) is 7.79. The summed E-state index contributed by atoms with van der Waals surface area (Å²) in [4.78, 5) is 0. The van der Waals surface area contributed by atoms with Crippen molar-refractivity contribution in [3.63, 3.8) is 0 Å². The number of ether oxygens (including phenoxy) is 1. The third-order valence-electron chi connectivity index (χ3n) is 2.83. The molecule has 1 fully saturated rings. The zero-order chi connectivity index (χ0) is 11.4. The number of rotatable bonds is 3. The van der Waals surface area contributed by atoms with Gasteiger partial charge in [-0.1, -0.05) is 0 Å². The molecule has 88 valence electrons. The molecule has 1 aromatic rings. The van der Waals surface area contributed by atoms with E-state index in [-0.39, 0.29) is 0 Å². The van der Waals surface area contributed by atoms with Crippen LogP contribution in [-0.4, -0.2) is 24.7 Å². The maximum Gasteiger partial charge on any atom is 0.143 e. The molecule has 0 unspecified atom stereocenters. The Morgan fingerprint density at radius 2 is 2.12 bits per heavy atom. The quantitative estimate of drug-likeness (QED) is 0.795. The number of hydrogen-bond acceptors (Lipinski definition) is 4. The molecule has 3 nitrogen and oxygen atoms in total. The molecule has 0 aromatic heterocycles. The minimum absolute atomic E-state index is 0.592. The smallest absolute Gasteiger partial charge is 0.143 e. The van der Waals surface area contributed by atoms with E-state index in [2.05, 4.69) is 5.32 Å². The molecule has 0 radical (unpaired) electrons. The fourth-order valence-corrected chi connectivity index (χ4v) is 2.99. The first-order valence-corrected chi connectivity index (χ1v) is 6.73. The summed E-state index contributed by atoms with van der Waals surface area (Å²) < 4.78 is 5.21. The average molecular weight is 238 g/mol. The van der Waals surface area contributed by atoms with Gasteiger partial charge in [0.15, 0.2) is 0 Å². The summed E-state index contributed by atoms with van der Waals surface area (Å²) in [6.07, 6.45) is 2.47. The van der Waals surface area contributed by atoms with E-state index in [0.29, 0.717) is 11.7 Å². The lowest BCUT2D eigenvalue weighted by Crippen LogP contribution is -2.24. The van der Waals surface area contributed by atoms with Crippen LogP contribution in [0.3, 0.4) is 0 Å². The van der Waals surface area contributed by atoms with Gasteiger partial charge in [0, 0.05) is 17.8 Å². The van der Waals surface area contributed by atoms with Crippen LogP contribution in [0.25, 0.3) is 0 Å². The van der Waals surface area contributed by atoms with Crippen LogP contribution < -0.4 is 15.8 Å². The molecular weight excluding hydrogens is 220 g/mol. The highest BCUT2D eigenvalue weighted by Crippen LogP contribution is 2.27. The summed E-state index contributed by atoms with van der Waals surface area (Å²) in [6.45, 7) is 0. The van der Waals surface area contributed by atoms with E-state index in [1.807, 2.05) is 30.0 Å². The monoisotopic (exact) mass is 238 g/mol. The molecule has 3 N–H and O–H groups in total. The standard InChI is InChI=1S/C12H18N2OS/c1-15-12-8-10(2-3-11(12)13)14-9-4-6-16-7-5-9/h2-3,8-9,14H,4-7,13H2,1H3. The minimum atomic E-state index is 0.592. The van der Waals surface area contributed by atoms with Crippen LogP contribution in [0.15, 0.2) is 18.2 Å². The molecule has 1 aromatic carbocycles. The van der Waals surface area contributed by atoms with Crippen molar-refractivity contribution in [2.24, 2.45) is 0 Å². The Bertz CT molecular complexity index is 351. The van der Waals surface area contributed by atoms with Crippen molar-refractivity contribution in [2.75, 3.05) is 29.7 Å². The van der Waals surface area contributed by atoms with Crippen molar-refractivity contribution in [1.29, 1.82) is 0 Å². The van der Waals surface area contributed by atoms with Gasteiger partial charge in [0.1, 0.15) is 5.75 Å². The van der Waals surface area contributed by atoms with E-state index in [4.69, 9.17) is 10.5 Å². The lowest BCUT2D eigenvalue weighted by atomic mass is 10.1. The maximum absolute atomic E-state index is 5.78. The Balaban J connectivity index is 2.03. The van der Waals surface area contributed by atoms with Gasteiger partial charge in [-0.2, -0.15) is 11.8 Å². The predicted octanol–water partition coefficient (Wildman–Crippen LogP) is 2.58. The van der Waals surface area contributed by atoms with Crippen molar-refractivity contribution in [2.45, 2.75) is 18.9 Å². The second-order valence-electron chi connectivity index (χ2n) is 3.99. The summed E-state index contributed by atoms with van der Waals surface area (Å²) >= 11 is 2.03. The molecule has 4 heteroatoms. The van der Waals surface area contributed by atoms with Crippen LogP contribution >= 0.6 is 11.8 Å². The fourth-order valence-electron chi connectivity index (χ4n) is 1.88. The summed E-state index contributed by atoms with van der Waals surface area (Å²) in [5, 5.41) is 3.53. The van der Waals surface area contributed by atoms with Crippen LogP contribution in [0, 0.1) is 0 Å². The van der Waals surface area contributed by atoms with E-state index in [0.717, 1.165) is 11.4 Å². The highest BCUT2D eigenvalue weighted by molar-refractivity contribution is 7.99. The van der Waals surface area contributed by atoms with Gasteiger partial charge in [-0.05, 0) is 36.5 Å². The van der Waals surface area contributed by atoms with E-state index >= 15 is 0 Å². The van der Waals surface area contributed by atoms with Gasteiger partial charge in [0.05, 0.1) is 12.8 Å². The van der Waals surface area contributed by atoms with Gasteiger partial charge in [-0.25, -0.2) is 0 Å². The Morgan fingerprint density at radius 1 is 1.38 bits per heavy atom. The van der Waals surface area contributed by atoms with Crippen LogP contribution in [0.1, 0.15) is 12.8 Å². The van der Waals surface area contributed by atoms with Crippen molar-refractivity contribution < 1.29 is 4.74 Å². The molecule has 16 heavy (non-hydrogen) atoms. The third kappa shape index (κ3) is 2.76. The molecular formula is C12H18N2OS. The Hall–Kier alpha value is -1.03. The normalized spacial score (nSPS) is 17.1. The molecule has 0 aliphatic carbocycles. The van der Waals surface area contributed by atoms with Gasteiger partial charge < -0.3 is 15.8 Å². The molecule has 0 bridgehead atoms. The number of nitrogens with one attached hydrogen (secondary N) is 1. The molecule has 0 amide bonds. The number of nitrogen functional groups attached to an aromatic ring is 1. The Morgan fingerprint density at radius 3 is 2.81 bits per heavy atom. The Labute approximate surface area is 101 Å². The average Bonchev–Trinajstić information content (AvgIpc) is 2.33.